The summed E-state index contributed by atoms with van der Waals surface area (Å²) in [5.41, 5.74) is 2.93. The monoisotopic (exact) mass is 396 g/mol. The second-order valence-electron chi connectivity index (χ2n) is 6.88. The highest BCUT2D eigenvalue weighted by Crippen LogP contribution is 2.32. The van der Waals surface area contributed by atoms with Crippen LogP contribution in [-0.2, 0) is 7.05 Å². The fourth-order valence-corrected chi connectivity index (χ4v) is 3.32. The van der Waals surface area contributed by atoms with Crippen LogP contribution in [0.25, 0.3) is 22.4 Å². The standard InChI is InChI=1S/C24H20N4O2/c1-16-10-9-15-19(25-16)26-23(29)21-20(17-11-5-3-6-12-17)22(27-28(2)24(21)30)18-13-7-4-8-14-18/h3-15H,1-2H3,(H,25,26,29). The number of carbonyl (C=O) groups is 1. The van der Waals surface area contributed by atoms with Crippen molar-refractivity contribution >= 4 is 11.7 Å². The van der Waals surface area contributed by atoms with E-state index in [0.29, 0.717) is 17.1 Å². The van der Waals surface area contributed by atoms with Gasteiger partial charge < -0.3 is 5.32 Å². The number of anilines is 1. The number of pyridine rings is 1. The first-order chi connectivity index (χ1) is 14.5. The zero-order valence-electron chi connectivity index (χ0n) is 16.7. The van der Waals surface area contributed by atoms with E-state index < -0.39 is 11.5 Å². The van der Waals surface area contributed by atoms with Crippen molar-refractivity contribution in [3.8, 4) is 22.4 Å². The molecule has 2 heterocycles. The van der Waals surface area contributed by atoms with Crippen molar-refractivity contribution in [1.29, 1.82) is 0 Å². The highest BCUT2D eigenvalue weighted by atomic mass is 16.2. The molecule has 4 aromatic rings. The molecule has 0 unspecified atom stereocenters. The first-order valence-electron chi connectivity index (χ1n) is 9.52. The molecule has 4 rings (SSSR count). The molecule has 0 saturated carbocycles. The fraction of sp³-hybridized carbons (Fsp3) is 0.0833. The van der Waals surface area contributed by atoms with Crippen molar-refractivity contribution in [2.75, 3.05) is 5.32 Å². The second-order valence-corrected chi connectivity index (χ2v) is 6.88. The van der Waals surface area contributed by atoms with Crippen LogP contribution in [0.5, 0.6) is 0 Å². The molecule has 0 bridgehead atoms. The number of aryl methyl sites for hydroxylation is 2. The maximum Gasteiger partial charge on any atom is 0.280 e. The largest absolute Gasteiger partial charge is 0.306 e. The summed E-state index contributed by atoms with van der Waals surface area (Å²) >= 11 is 0. The zero-order chi connectivity index (χ0) is 21.1. The average molecular weight is 396 g/mol. The fourth-order valence-electron chi connectivity index (χ4n) is 3.32. The van der Waals surface area contributed by atoms with Gasteiger partial charge in [0.15, 0.2) is 0 Å². The van der Waals surface area contributed by atoms with Crippen molar-refractivity contribution < 1.29 is 4.79 Å². The predicted octanol–water partition coefficient (Wildman–Crippen LogP) is 4.07. The Labute approximate surface area is 173 Å². The summed E-state index contributed by atoms with van der Waals surface area (Å²) < 4.78 is 1.20. The Morgan fingerprint density at radius 2 is 1.50 bits per heavy atom. The Hall–Kier alpha value is -4.06. The van der Waals surface area contributed by atoms with Crippen molar-refractivity contribution in [1.82, 2.24) is 14.8 Å². The van der Waals surface area contributed by atoms with Crippen LogP contribution in [0.4, 0.5) is 5.82 Å². The van der Waals surface area contributed by atoms with E-state index >= 15 is 0 Å². The minimum atomic E-state index is -0.521. The second kappa shape index (κ2) is 8.13. The number of rotatable bonds is 4. The number of nitrogens with one attached hydrogen (secondary N) is 1. The molecule has 0 atom stereocenters. The highest BCUT2D eigenvalue weighted by Gasteiger charge is 2.24. The molecule has 0 fully saturated rings. The molecule has 0 saturated heterocycles. The number of benzene rings is 2. The van der Waals surface area contributed by atoms with Crippen LogP contribution < -0.4 is 10.9 Å². The molecule has 2 aromatic heterocycles. The molecule has 2 aromatic carbocycles. The normalized spacial score (nSPS) is 10.6. The molecule has 0 spiro atoms. The lowest BCUT2D eigenvalue weighted by molar-refractivity contribution is 0.102. The molecule has 0 aliphatic carbocycles. The van der Waals surface area contributed by atoms with Crippen LogP contribution >= 0.6 is 0 Å². The number of hydrogen-bond donors (Lipinski definition) is 1. The maximum atomic E-state index is 13.3. The van der Waals surface area contributed by atoms with Crippen LogP contribution in [0, 0.1) is 6.92 Å². The summed E-state index contributed by atoms with van der Waals surface area (Å²) in [6.07, 6.45) is 0. The first-order valence-corrected chi connectivity index (χ1v) is 9.52. The van der Waals surface area contributed by atoms with Gasteiger partial charge in [-0.1, -0.05) is 66.7 Å². The topological polar surface area (TPSA) is 76.9 Å². The van der Waals surface area contributed by atoms with Crippen LogP contribution in [0.3, 0.4) is 0 Å². The van der Waals surface area contributed by atoms with Gasteiger partial charge in [0.1, 0.15) is 11.4 Å². The van der Waals surface area contributed by atoms with E-state index in [9.17, 15) is 9.59 Å². The lowest BCUT2D eigenvalue weighted by Crippen LogP contribution is -2.31. The highest BCUT2D eigenvalue weighted by molar-refractivity contribution is 6.10. The summed E-state index contributed by atoms with van der Waals surface area (Å²) in [7, 11) is 1.55. The van der Waals surface area contributed by atoms with E-state index in [2.05, 4.69) is 15.4 Å². The average Bonchev–Trinajstić information content (AvgIpc) is 2.76. The Kier molecular flexibility index (Phi) is 5.22. The van der Waals surface area contributed by atoms with E-state index in [1.54, 1.807) is 19.2 Å². The van der Waals surface area contributed by atoms with E-state index in [1.807, 2.05) is 73.7 Å². The Balaban J connectivity index is 1.96. The number of amides is 1. The molecule has 0 aliphatic rings. The molecule has 6 nitrogen and oxygen atoms in total. The SMILES string of the molecule is Cc1cccc(NC(=O)c2c(-c3ccccc3)c(-c3ccccc3)nn(C)c2=O)n1. The molecule has 30 heavy (non-hydrogen) atoms. The van der Waals surface area contributed by atoms with Gasteiger partial charge in [0.05, 0.1) is 5.69 Å². The molecular formula is C24H20N4O2. The van der Waals surface area contributed by atoms with Gasteiger partial charge >= 0.3 is 0 Å². The van der Waals surface area contributed by atoms with Gasteiger partial charge in [-0.3, -0.25) is 9.59 Å². The Morgan fingerprint density at radius 1 is 0.867 bits per heavy atom. The lowest BCUT2D eigenvalue weighted by Gasteiger charge is -2.16. The first kappa shape index (κ1) is 19.3. The van der Waals surface area contributed by atoms with Crippen molar-refractivity contribution in [3.63, 3.8) is 0 Å². The number of aromatic nitrogens is 3. The van der Waals surface area contributed by atoms with E-state index in [0.717, 1.165) is 16.8 Å². The molecule has 1 amide bonds. The molecular weight excluding hydrogens is 376 g/mol. The molecule has 0 radical (unpaired) electrons. The third kappa shape index (κ3) is 3.75. The van der Waals surface area contributed by atoms with E-state index in [4.69, 9.17) is 0 Å². The molecule has 148 valence electrons. The number of carbonyl (C=O) groups excluding carboxylic acids is 1. The maximum absolute atomic E-state index is 13.3. The summed E-state index contributed by atoms with van der Waals surface area (Å²) in [5, 5.41) is 7.26. The summed E-state index contributed by atoms with van der Waals surface area (Å²) in [6.45, 7) is 1.84. The predicted molar refractivity (Wildman–Crippen MR) is 117 cm³/mol. The number of nitrogens with zero attached hydrogens (tertiary/aromatic N) is 3. The van der Waals surface area contributed by atoms with Gasteiger partial charge in [-0.05, 0) is 24.6 Å². The summed E-state index contributed by atoms with van der Waals surface area (Å²) in [4.78, 5) is 30.7. The van der Waals surface area contributed by atoms with Crippen molar-refractivity contribution in [2.24, 2.45) is 7.05 Å². The van der Waals surface area contributed by atoms with Crippen LogP contribution in [0.15, 0.2) is 83.7 Å². The summed E-state index contributed by atoms with van der Waals surface area (Å²) in [5.74, 6) is -0.133. The zero-order valence-corrected chi connectivity index (χ0v) is 16.7. The van der Waals surface area contributed by atoms with Crippen molar-refractivity contribution in [3.05, 3.63) is 100 Å². The van der Waals surface area contributed by atoms with Crippen LogP contribution in [-0.4, -0.2) is 20.7 Å². The minimum Gasteiger partial charge on any atom is -0.306 e. The van der Waals surface area contributed by atoms with Gasteiger partial charge in [-0.25, -0.2) is 9.67 Å². The van der Waals surface area contributed by atoms with Crippen molar-refractivity contribution in [2.45, 2.75) is 6.92 Å². The van der Waals surface area contributed by atoms with Gasteiger partial charge in [-0.2, -0.15) is 5.10 Å². The molecule has 6 heteroatoms. The van der Waals surface area contributed by atoms with Gasteiger partial charge in [0.25, 0.3) is 11.5 Å². The summed E-state index contributed by atoms with van der Waals surface area (Å²) in [6, 6.07) is 24.2. The van der Waals surface area contributed by atoms with Crippen LogP contribution in [0.2, 0.25) is 0 Å². The lowest BCUT2D eigenvalue weighted by atomic mass is 9.95. The third-order valence-corrected chi connectivity index (χ3v) is 4.71. The van der Waals surface area contributed by atoms with Gasteiger partial charge in [0.2, 0.25) is 0 Å². The van der Waals surface area contributed by atoms with E-state index in [-0.39, 0.29) is 5.56 Å². The molecule has 0 aliphatic heterocycles. The van der Waals surface area contributed by atoms with Crippen LogP contribution in [0.1, 0.15) is 16.1 Å². The quantitative estimate of drug-likeness (QED) is 0.564. The van der Waals surface area contributed by atoms with E-state index in [1.165, 1.54) is 4.68 Å². The van der Waals surface area contributed by atoms with Gasteiger partial charge in [0, 0.05) is 23.9 Å². The Bertz CT molecular complexity index is 1270. The minimum absolute atomic E-state index is 0.0286. The third-order valence-electron chi connectivity index (χ3n) is 4.71. The smallest absolute Gasteiger partial charge is 0.280 e. The Morgan fingerprint density at radius 3 is 2.13 bits per heavy atom. The molecule has 1 N–H and O–H groups in total. The number of hydrogen-bond acceptors (Lipinski definition) is 4. The van der Waals surface area contributed by atoms with Gasteiger partial charge in [-0.15, -0.1) is 0 Å².